The predicted octanol–water partition coefficient (Wildman–Crippen LogP) is -0.328. The summed E-state index contributed by atoms with van der Waals surface area (Å²) in [4.78, 5) is 0. The molecule has 0 rings (SSSR count). The van der Waals surface area contributed by atoms with E-state index in [1.165, 1.54) is 0 Å². The first-order valence-corrected chi connectivity index (χ1v) is 0. The zero-order valence-electron chi connectivity index (χ0n) is 2.00. The molecule has 0 heterocycles. The topological polar surface area (TPSA) is 0 Å². The number of hydrogen-bond acceptors (Lipinski definition) is 0. The van der Waals surface area contributed by atoms with Crippen LogP contribution in [0.25, 0.3) is 0 Å². The Morgan fingerprint density at radius 3 is 1.00 bits per heavy atom. The van der Waals surface area contributed by atoms with Crippen molar-refractivity contribution in [2.75, 3.05) is 0 Å². The number of hydrogen-bond donors (Lipinski definition) is 0. The van der Waals surface area contributed by atoms with Gasteiger partial charge in [0.05, 0.1) is 0 Å². The van der Waals surface area contributed by atoms with Crippen LogP contribution in [0.5, 0.6) is 0 Å². The van der Waals surface area contributed by atoms with Gasteiger partial charge < -0.3 is 0 Å². The van der Waals surface area contributed by atoms with Crippen LogP contribution in [0.2, 0.25) is 0 Å². The fourth-order valence-electron chi connectivity index (χ4n) is 0. The molecule has 4 heteroatoms. The van der Waals surface area contributed by atoms with E-state index in [0.717, 1.165) is 0 Å². The minimum atomic E-state index is 0. The van der Waals surface area contributed by atoms with E-state index in [2.05, 4.69) is 0 Å². The van der Waals surface area contributed by atoms with Gasteiger partial charge in [0.2, 0.25) is 0 Å². The van der Waals surface area contributed by atoms with Crippen molar-refractivity contribution in [2.24, 2.45) is 0 Å². The molecule has 0 aromatic heterocycles. The van der Waals surface area contributed by atoms with E-state index in [0.29, 0.717) is 0 Å². The molecular weight excluding hydrogens is 287 g/mol. The maximum atomic E-state index is 0. The second-order valence-corrected chi connectivity index (χ2v) is 0. The van der Waals surface area contributed by atoms with Crippen molar-refractivity contribution in [3.05, 3.63) is 0 Å². The monoisotopic (exact) mass is 291 g/mol. The third-order valence-electron chi connectivity index (χ3n) is 0. The van der Waals surface area contributed by atoms with Gasteiger partial charge in [0.25, 0.3) is 0 Å². The van der Waals surface area contributed by atoms with Gasteiger partial charge in [-0.2, -0.15) is 9.90 Å². The van der Waals surface area contributed by atoms with Gasteiger partial charge in [-0.3, -0.25) is 0 Å². The van der Waals surface area contributed by atoms with E-state index < -0.39 is 0 Å². The Bertz CT molecular complexity index is 8.00. The molecule has 0 aliphatic carbocycles. The van der Waals surface area contributed by atoms with Crippen LogP contribution < -0.4 is 0 Å². The zero-order valence-corrected chi connectivity index (χ0v) is 7.17. The van der Waals surface area contributed by atoms with E-state index in [9.17, 15) is 0 Å². The van der Waals surface area contributed by atoms with Gasteiger partial charge in [-0.15, -0.1) is 0 Å². The first-order valence-electron chi connectivity index (χ1n) is 0. The van der Waals surface area contributed by atoms with Crippen molar-refractivity contribution in [1.82, 2.24) is 0 Å². The first kappa shape index (κ1) is 44.5. The van der Waals surface area contributed by atoms with Gasteiger partial charge in [-0.1, -0.05) is 0 Å². The van der Waals surface area contributed by atoms with E-state index in [4.69, 9.17) is 0 Å². The molecule has 0 amide bonds. The summed E-state index contributed by atoms with van der Waals surface area (Å²) in [7, 11) is 0. The second-order valence-electron chi connectivity index (χ2n) is 0. The summed E-state index contributed by atoms with van der Waals surface area (Å²) in [6.45, 7) is 0. The van der Waals surface area contributed by atoms with Gasteiger partial charge in [0.1, 0.15) is 0 Å². The van der Waals surface area contributed by atoms with Crippen LogP contribution in [0.1, 0.15) is 0 Å². The summed E-state index contributed by atoms with van der Waals surface area (Å²) >= 11 is 0. The molecule has 0 fully saturated rings. The van der Waals surface area contributed by atoms with E-state index in [1.807, 2.05) is 0 Å². The van der Waals surface area contributed by atoms with Crippen LogP contribution in [0, 0.1) is 0 Å². The molecule has 0 aliphatic heterocycles. The van der Waals surface area contributed by atoms with Gasteiger partial charge in [0, 0.05) is 45.6 Å². The Labute approximate surface area is 55.5 Å². The second kappa shape index (κ2) is 22.6. The fourth-order valence-corrected chi connectivity index (χ4v) is 0. The standard InChI is InChI=1S/B.Co.H3P.Re/h;;1H3;. The van der Waals surface area contributed by atoms with Gasteiger partial charge >= 0.3 is 0 Å². The van der Waals surface area contributed by atoms with Crippen molar-refractivity contribution >= 4 is 18.3 Å². The Morgan fingerprint density at radius 2 is 1.00 bits per heavy atom. The molecule has 0 nitrogen and oxygen atoms in total. The normalized spacial score (nSPS) is 0. The minimum Gasteiger partial charge on any atom is -0.153 e. The minimum absolute atomic E-state index is 0. The van der Waals surface area contributed by atoms with Crippen LogP contribution in [0.4, 0.5) is 0 Å². The SMILES string of the molecule is P.[B].[Co].[Re]. The maximum Gasteiger partial charge on any atom is 0 e. The largest absolute Gasteiger partial charge is 0.153 e. The molecule has 5 radical (unpaired) electrons. The Morgan fingerprint density at radius 1 is 1.00 bits per heavy atom. The smallest absolute Gasteiger partial charge is 0 e. The maximum absolute atomic E-state index is 0. The average molecular weight is 290 g/mol. The first-order chi connectivity index (χ1) is 0. The van der Waals surface area contributed by atoms with E-state index >= 15 is 0 Å². The number of rotatable bonds is 0. The van der Waals surface area contributed by atoms with Crippen molar-refractivity contribution in [3.8, 4) is 0 Å². The van der Waals surface area contributed by atoms with Gasteiger partial charge in [0.15, 0.2) is 0 Å². The average Bonchev–Trinajstić information content (AvgIpc) is 0. The third-order valence-corrected chi connectivity index (χ3v) is 0. The molecular formula is H3BCoPRe. The van der Waals surface area contributed by atoms with Crippen molar-refractivity contribution in [1.29, 1.82) is 0 Å². The van der Waals surface area contributed by atoms with Crippen molar-refractivity contribution in [3.63, 3.8) is 0 Å². The van der Waals surface area contributed by atoms with Gasteiger partial charge in [-0.25, -0.2) is 0 Å². The Kier molecular flexibility index (Phi) is 252. The molecule has 0 spiro atoms. The van der Waals surface area contributed by atoms with Crippen molar-refractivity contribution in [2.45, 2.75) is 0 Å². The van der Waals surface area contributed by atoms with Gasteiger partial charge in [-0.05, 0) is 0 Å². The van der Waals surface area contributed by atoms with Crippen LogP contribution >= 0.6 is 9.90 Å². The molecule has 0 bridgehead atoms. The predicted molar refractivity (Wildman–Crippen MR) is 16.9 cm³/mol. The van der Waals surface area contributed by atoms with Crippen LogP contribution in [-0.4, -0.2) is 8.41 Å². The summed E-state index contributed by atoms with van der Waals surface area (Å²) < 4.78 is 0. The summed E-state index contributed by atoms with van der Waals surface area (Å²) in [5, 5.41) is 0. The molecule has 0 N–H and O–H groups in total. The van der Waals surface area contributed by atoms with E-state index in [-0.39, 0.29) is 55.5 Å². The van der Waals surface area contributed by atoms with Crippen LogP contribution in [0.15, 0.2) is 0 Å². The molecule has 0 aromatic carbocycles. The quantitative estimate of drug-likeness (QED) is 0.423. The summed E-state index contributed by atoms with van der Waals surface area (Å²) in [5.74, 6) is 0. The molecule has 0 aliphatic rings. The van der Waals surface area contributed by atoms with Crippen LogP contribution in [-0.2, 0) is 37.2 Å². The summed E-state index contributed by atoms with van der Waals surface area (Å²) in [6, 6.07) is 0. The fraction of sp³-hybridized carbons (Fsp3) is 0. The zero-order chi connectivity index (χ0) is 0. The molecule has 0 aromatic rings. The summed E-state index contributed by atoms with van der Waals surface area (Å²) in [5.41, 5.74) is 0. The molecule has 4 heavy (non-hydrogen) atoms. The third kappa shape index (κ3) is 9.39. The summed E-state index contributed by atoms with van der Waals surface area (Å²) in [6.07, 6.45) is 0. The Hall–Kier alpha value is 1.66. The molecule has 27 valence electrons. The Balaban J connectivity index is 0. The molecule has 1 unspecified atom stereocenters. The molecule has 0 saturated carbocycles. The van der Waals surface area contributed by atoms with E-state index in [1.54, 1.807) is 0 Å². The van der Waals surface area contributed by atoms with Crippen molar-refractivity contribution < 1.29 is 37.2 Å². The molecule has 0 saturated heterocycles. The molecule has 1 atom stereocenters. The van der Waals surface area contributed by atoms with Crippen LogP contribution in [0.3, 0.4) is 0 Å².